The fourth-order valence-electron chi connectivity index (χ4n) is 1.77. The highest BCUT2D eigenvalue weighted by Gasteiger charge is 2.24. The first-order valence-corrected chi connectivity index (χ1v) is 6.49. The Morgan fingerprint density at radius 3 is 3.25 bits per heavy atom. The van der Waals surface area contributed by atoms with E-state index in [4.69, 9.17) is 10.6 Å². The molecule has 2 rings (SSSR count). The van der Waals surface area contributed by atoms with E-state index in [1.807, 2.05) is 23.9 Å². The first-order valence-electron chi connectivity index (χ1n) is 5.44. The number of hydrogen-bond donors (Lipinski definition) is 2. The van der Waals surface area contributed by atoms with Gasteiger partial charge in [0, 0.05) is 23.8 Å². The maximum Gasteiger partial charge on any atom is 0.0666 e. The van der Waals surface area contributed by atoms with Crippen LogP contribution in [0.4, 0.5) is 5.69 Å². The van der Waals surface area contributed by atoms with Crippen molar-refractivity contribution in [3.8, 4) is 0 Å². The zero-order valence-electron chi connectivity index (χ0n) is 9.35. The minimum atomic E-state index is 0.362. The van der Waals surface area contributed by atoms with Gasteiger partial charge in [-0.3, -0.25) is 10.8 Å². The van der Waals surface area contributed by atoms with E-state index in [1.165, 1.54) is 0 Å². The molecule has 1 aliphatic rings. The quantitative estimate of drug-likeness (QED) is 0.619. The van der Waals surface area contributed by atoms with Crippen LogP contribution in [0.1, 0.15) is 19.0 Å². The fraction of sp³-hybridized carbons (Fsp3) is 0.545. The molecule has 0 amide bonds. The summed E-state index contributed by atoms with van der Waals surface area (Å²) in [6, 6.07) is 3.84. The van der Waals surface area contributed by atoms with E-state index in [0.717, 1.165) is 30.2 Å². The van der Waals surface area contributed by atoms with E-state index < -0.39 is 0 Å². The van der Waals surface area contributed by atoms with Crippen LogP contribution in [0.5, 0.6) is 0 Å². The van der Waals surface area contributed by atoms with E-state index >= 15 is 0 Å². The second-order valence-electron chi connectivity index (χ2n) is 3.89. The summed E-state index contributed by atoms with van der Waals surface area (Å²) in [5.41, 5.74) is 4.59. The third-order valence-electron chi connectivity index (χ3n) is 2.74. The van der Waals surface area contributed by atoms with Crippen molar-refractivity contribution in [1.82, 2.24) is 4.98 Å². The van der Waals surface area contributed by atoms with Gasteiger partial charge in [0.1, 0.15) is 0 Å². The number of nitrogen functional groups attached to an aromatic ring is 1. The SMILES string of the molecule is CC1OCCC1SCc1cc(NN)ccn1. The van der Waals surface area contributed by atoms with Crippen molar-refractivity contribution in [2.24, 2.45) is 5.84 Å². The van der Waals surface area contributed by atoms with E-state index in [2.05, 4.69) is 17.3 Å². The molecule has 88 valence electrons. The molecular weight excluding hydrogens is 222 g/mol. The highest BCUT2D eigenvalue weighted by molar-refractivity contribution is 7.99. The Balaban J connectivity index is 1.88. The molecule has 16 heavy (non-hydrogen) atoms. The van der Waals surface area contributed by atoms with Gasteiger partial charge < -0.3 is 10.2 Å². The Morgan fingerprint density at radius 1 is 1.69 bits per heavy atom. The molecule has 1 fully saturated rings. The standard InChI is InChI=1S/C11H17N3OS/c1-8-11(3-5-15-8)16-7-10-6-9(14-12)2-4-13-10/h2,4,6,8,11H,3,5,7,12H2,1H3,(H,13,14). The van der Waals surface area contributed by atoms with Gasteiger partial charge in [-0.05, 0) is 25.5 Å². The van der Waals surface area contributed by atoms with E-state index in [0.29, 0.717) is 11.4 Å². The first-order chi connectivity index (χ1) is 7.79. The Kier molecular flexibility index (Phi) is 4.04. The number of nitrogens with zero attached hydrogens (tertiary/aromatic N) is 1. The summed E-state index contributed by atoms with van der Waals surface area (Å²) in [4.78, 5) is 4.32. The van der Waals surface area contributed by atoms with E-state index in [1.54, 1.807) is 6.20 Å². The van der Waals surface area contributed by atoms with Gasteiger partial charge in [0.05, 0.1) is 17.5 Å². The van der Waals surface area contributed by atoms with Crippen LogP contribution in [-0.2, 0) is 10.5 Å². The highest BCUT2D eigenvalue weighted by Crippen LogP contribution is 2.28. The van der Waals surface area contributed by atoms with Crippen molar-refractivity contribution in [3.63, 3.8) is 0 Å². The molecule has 1 aromatic heterocycles. The summed E-state index contributed by atoms with van der Waals surface area (Å²) in [5.74, 6) is 6.27. The fourth-order valence-corrected chi connectivity index (χ4v) is 2.93. The average molecular weight is 239 g/mol. The third-order valence-corrected chi connectivity index (χ3v) is 4.24. The number of ether oxygens (including phenoxy) is 1. The molecule has 2 heterocycles. The summed E-state index contributed by atoms with van der Waals surface area (Å²) >= 11 is 1.91. The van der Waals surface area contributed by atoms with Gasteiger partial charge in [-0.15, -0.1) is 11.8 Å². The van der Waals surface area contributed by atoms with Gasteiger partial charge in [-0.25, -0.2) is 0 Å². The van der Waals surface area contributed by atoms with Crippen molar-refractivity contribution in [2.45, 2.75) is 30.5 Å². The first kappa shape index (κ1) is 11.7. The molecule has 0 aliphatic carbocycles. The van der Waals surface area contributed by atoms with Gasteiger partial charge >= 0.3 is 0 Å². The Labute approximate surface area is 99.9 Å². The number of hydrazine groups is 1. The van der Waals surface area contributed by atoms with Crippen molar-refractivity contribution < 1.29 is 4.74 Å². The van der Waals surface area contributed by atoms with Crippen LogP contribution in [-0.4, -0.2) is 22.9 Å². The summed E-state index contributed by atoms with van der Waals surface area (Å²) in [7, 11) is 0. The summed E-state index contributed by atoms with van der Waals surface area (Å²) in [5, 5.41) is 0.594. The Bertz CT molecular complexity index is 348. The molecule has 0 aromatic carbocycles. The molecule has 0 bridgehead atoms. The minimum Gasteiger partial charge on any atom is -0.377 e. The van der Waals surface area contributed by atoms with Gasteiger partial charge in [0.25, 0.3) is 0 Å². The zero-order valence-corrected chi connectivity index (χ0v) is 10.2. The largest absolute Gasteiger partial charge is 0.377 e. The molecule has 4 nitrogen and oxygen atoms in total. The maximum absolute atomic E-state index is 5.53. The third kappa shape index (κ3) is 2.87. The lowest BCUT2D eigenvalue weighted by Crippen LogP contribution is -2.13. The average Bonchev–Trinajstić information content (AvgIpc) is 2.72. The van der Waals surface area contributed by atoms with Gasteiger partial charge in [-0.1, -0.05) is 0 Å². The number of rotatable bonds is 4. The molecule has 1 aliphatic heterocycles. The molecule has 1 saturated heterocycles. The highest BCUT2D eigenvalue weighted by atomic mass is 32.2. The molecule has 3 N–H and O–H groups in total. The number of nitrogens with two attached hydrogens (primary N) is 1. The van der Waals surface area contributed by atoms with Crippen molar-refractivity contribution >= 4 is 17.4 Å². The summed E-state index contributed by atoms with van der Waals surface area (Å²) in [6.45, 7) is 3.02. The number of pyridine rings is 1. The van der Waals surface area contributed by atoms with E-state index in [9.17, 15) is 0 Å². The Hall–Kier alpha value is -0.780. The molecule has 0 saturated carbocycles. The number of aromatic nitrogens is 1. The smallest absolute Gasteiger partial charge is 0.0666 e. The van der Waals surface area contributed by atoms with Gasteiger partial charge in [-0.2, -0.15) is 0 Å². The summed E-state index contributed by atoms with van der Waals surface area (Å²) in [6.07, 6.45) is 3.28. The van der Waals surface area contributed by atoms with Crippen LogP contribution in [0.2, 0.25) is 0 Å². The van der Waals surface area contributed by atoms with Crippen LogP contribution >= 0.6 is 11.8 Å². The molecule has 5 heteroatoms. The molecule has 2 atom stereocenters. The monoisotopic (exact) mass is 239 g/mol. The normalized spacial score (nSPS) is 24.6. The number of thioether (sulfide) groups is 1. The lowest BCUT2D eigenvalue weighted by Gasteiger charge is -2.13. The predicted octanol–water partition coefficient (Wildman–Crippen LogP) is 1.78. The minimum absolute atomic E-state index is 0.362. The van der Waals surface area contributed by atoms with Crippen LogP contribution in [0, 0.1) is 0 Å². The molecule has 2 unspecified atom stereocenters. The second-order valence-corrected chi connectivity index (χ2v) is 5.12. The van der Waals surface area contributed by atoms with E-state index in [-0.39, 0.29) is 0 Å². The molecule has 0 radical (unpaired) electrons. The van der Waals surface area contributed by atoms with Crippen molar-refractivity contribution in [1.29, 1.82) is 0 Å². The Morgan fingerprint density at radius 2 is 2.56 bits per heavy atom. The number of anilines is 1. The zero-order chi connectivity index (χ0) is 11.4. The lowest BCUT2D eigenvalue weighted by atomic mass is 10.3. The summed E-state index contributed by atoms with van der Waals surface area (Å²) < 4.78 is 5.53. The number of hydrogen-bond acceptors (Lipinski definition) is 5. The topological polar surface area (TPSA) is 60.2 Å². The predicted molar refractivity (Wildman–Crippen MR) is 67.2 cm³/mol. The lowest BCUT2D eigenvalue weighted by molar-refractivity contribution is 0.127. The second kappa shape index (κ2) is 5.52. The van der Waals surface area contributed by atoms with Crippen molar-refractivity contribution in [3.05, 3.63) is 24.0 Å². The van der Waals surface area contributed by atoms with Crippen molar-refractivity contribution in [2.75, 3.05) is 12.0 Å². The molecule has 1 aromatic rings. The molecule has 0 spiro atoms. The van der Waals surface area contributed by atoms with Crippen LogP contribution in [0.15, 0.2) is 18.3 Å². The van der Waals surface area contributed by atoms with Crippen LogP contribution in [0.3, 0.4) is 0 Å². The van der Waals surface area contributed by atoms with Crippen LogP contribution in [0.25, 0.3) is 0 Å². The molecular formula is C11H17N3OS. The van der Waals surface area contributed by atoms with Crippen LogP contribution < -0.4 is 11.3 Å². The van der Waals surface area contributed by atoms with Gasteiger partial charge in [0.2, 0.25) is 0 Å². The maximum atomic E-state index is 5.53. The van der Waals surface area contributed by atoms with Gasteiger partial charge in [0.15, 0.2) is 0 Å². The number of nitrogens with one attached hydrogen (secondary N) is 1.